The van der Waals surface area contributed by atoms with Crippen molar-refractivity contribution in [2.75, 3.05) is 13.7 Å². The zero-order valence-corrected chi connectivity index (χ0v) is 21.5. The van der Waals surface area contributed by atoms with Crippen molar-refractivity contribution in [1.29, 1.82) is 0 Å². The molecule has 1 N–H and O–H groups in total. The van der Waals surface area contributed by atoms with Crippen LogP contribution in [0, 0.1) is 5.92 Å². The van der Waals surface area contributed by atoms with Crippen LogP contribution < -0.4 is 5.32 Å². The first-order chi connectivity index (χ1) is 17.0. The van der Waals surface area contributed by atoms with Gasteiger partial charge < -0.3 is 15.0 Å². The summed E-state index contributed by atoms with van der Waals surface area (Å²) in [7, 11) is 1.88. The first-order valence-electron chi connectivity index (χ1n) is 13.4. The second-order valence-corrected chi connectivity index (χ2v) is 10.3. The van der Waals surface area contributed by atoms with Crippen molar-refractivity contribution in [3.63, 3.8) is 0 Å². The van der Waals surface area contributed by atoms with Crippen molar-refractivity contribution < 1.29 is 14.3 Å². The Hall–Kier alpha value is -2.66. The van der Waals surface area contributed by atoms with Gasteiger partial charge in [0.2, 0.25) is 5.91 Å². The molecule has 0 aromatic heterocycles. The Morgan fingerprint density at radius 3 is 2.23 bits per heavy atom. The summed E-state index contributed by atoms with van der Waals surface area (Å²) in [4.78, 5) is 26.6. The lowest BCUT2D eigenvalue weighted by atomic mass is 9.91. The molecule has 2 aromatic rings. The number of carbonyl (C=O) groups is 2. The first kappa shape index (κ1) is 25.4. The van der Waals surface area contributed by atoms with Gasteiger partial charge in [-0.25, -0.2) is 0 Å². The van der Waals surface area contributed by atoms with Crippen LogP contribution in [-0.2, 0) is 9.53 Å². The van der Waals surface area contributed by atoms with Crippen LogP contribution in [0.5, 0.6) is 0 Å². The number of nitrogens with one attached hydrogen (secondary N) is 1. The molecule has 5 nitrogen and oxygen atoms in total. The number of rotatable bonds is 8. The summed E-state index contributed by atoms with van der Waals surface area (Å²) in [5.74, 6) is 0.836. The van der Waals surface area contributed by atoms with Gasteiger partial charge in [0.25, 0.3) is 5.91 Å². The number of ether oxygens (including phenoxy) is 1. The molecule has 0 bridgehead atoms. The third-order valence-electron chi connectivity index (χ3n) is 7.77. The summed E-state index contributed by atoms with van der Waals surface area (Å²) in [6.07, 6.45) is 8.21. The molecule has 4 unspecified atom stereocenters. The molecule has 1 saturated carbocycles. The highest BCUT2D eigenvalue weighted by atomic mass is 16.5. The Labute approximate surface area is 210 Å². The monoisotopic (exact) mass is 476 g/mol. The van der Waals surface area contributed by atoms with E-state index in [0.717, 1.165) is 43.4 Å². The fourth-order valence-corrected chi connectivity index (χ4v) is 5.54. The normalized spacial score (nSPS) is 24.2. The van der Waals surface area contributed by atoms with Gasteiger partial charge in [-0.15, -0.1) is 0 Å². The van der Waals surface area contributed by atoms with Gasteiger partial charge >= 0.3 is 0 Å². The SMILES string of the molecule is CCCC1CCC(c2ccc(-c3ccc(C(=O)N(C)C4CCC(NC(=O)CC)C4)cc3)cc2)OC1. The highest BCUT2D eigenvalue weighted by molar-refractivity contribution is 5.94. The van der Waals surface area contributed by atoms with Crippen molar-refractivity contribution in [2.45, 2.75) is 83.4 Å². The van der Waals surface area contributed by atoms with Crippen LogP contribution in [0.15, 0.2) is 48.5 Å². The standard InChI is InChI=1S/C30H40N2O3/c1-4-6-21-7-18-28(35-20-21)24-12-8-22(9-13-24)23-10-14-25(15-11-23)30(34)32(3)27-17-16-26(19-27)31-29(33)5-2/h8-15,21,26-28H,4-7,16-20H2,1-3H3,(H,31,33). The lowest BCUT2D eigenvalue weighted by molar-refractivity contribution is -0.121. The minimum Gasteiger partial charge on any atom is -0.373 e. The highest BCUT2D eigenvalue weighted by Gasteiger charge is 2.31. The van der Waals surface area contributed by atoms with Crippen LogP contribution in [0.3, 0.4) is 0 Å². The topological polar surface area (TPSA) is 58.6 Å². The molecule has 1 aliphatic carbocycles. The molecule has 4 rings (SSSR count). The van der Waals surface area contributed by atoms with E-state index in [1.54, 1.807) is 0 Å². The van der Waals surface area contributed by atoms with Gasteiger partial charge in [0.15, 0.2) is 0 Å². The average molecular weight is 477 g/mol. The van der Waals surface area contributed by atoms with Crippen molar-refractivity contribution in [3.8, 4) is 11.1 Å². The van der Waals surface area contributed by atoms with Crippen LogP contribution in [-0.4, -0.2) is 42.5 Å². The second-order valence-electron chi connectivity index (χ2n) is 10.3. The van der Waals surface area contributed by atoms with Crippen molar-refractivity contribution >= 4 is 11.8 Å². The number of nitrogens with zero attached hydrogens (tertiary/aromatic N) is 1. The molecular formula is C30H40N2O3. The number of hydrogen-bond donors (Lipinski definition) is 1. The van der Waals surface area contributed by atoms with Gasteiger partial charge in [-0.2, -0.15) is 0 Å². The third kappa shape index (κ3) is 6.32. The van der Waals surface area contributed by atoms with Crippen LogP contribution in [0.25, 0.3) is 11.1 Å². The van der Waals surface area contributed by atoms with Crippen LogP contribution in [0.1, 0.15) is 87.2 Å². The molecule has 5 heteroatoms. The minimum absolute atomic E-state index is 0.0372. The van der Waals surface area contributed by atoms with Gasteiger partial charge in [0.05, 0.1) is 12.7 Å². The van der Waals surface area contributed by atoms with Gasteiger partial charge in [0.1, 0.15) is 0 Å². The number of hydrogen-bond acceptors (Lipinski definition) is 3. The Kier molecular flexibility index (Phi) is 8.61. The summed E-state index contributed by atoms with van der Waals surface area (Å²) >= 11 is 0. The minimum atomic E-state index is 0.0372. The number of amides is 2. The molecule has 35 heavy (non-hydrogen) atoms. The quantitative estimate of drug-likeness (QED) is 0.498. The molecule has 2 fully saturated rings. The lowest BCUT2D eigenvalue weighted by Gasteiger charge is -2.29. The summed E-state index contributed by atoms with van der Waals surface area (Å²) in [6.45, 7) is 4.98. The van der Waals surface area contributed by atoms with Crippen LogP contribution in [0.2, 0.25) is 0 Å². The van der Waals surface area contributed by atoms with E-state index in [-0.39, 0.29) is 30.0 Å². The molecule has 4 atom stereocenters. The highest BCUT2D eigenvalue weighted by Crippen LogP contribution is 2.33. The summed E-state index contributed by atoms with van der Waals surface area (Å²) in [6, 6.07) is 16.9. The summed E-state index contributed by atoms with van der Waals surface area (Å²) in [5, 5.41) is 3.06. The van der Waals surface area contributed by atoms with Crippen molar-refractivity contribution in [1.82, 2.24) is 10.2 Å². The Balaban J connectivity index is 1.33. The summed E-state index contributed by atoms with van der Waals surface area (Å²) in [5.41, 5.74) is 4.20. The van der Waals surface area contributed by atoms with Crippen LogP contribution in [0.4, 0.5) is 0 Å². The molecule has 2 aliphatic rings. The van der Waals surface area contributed by atoms with E-state index in [2.05, 4.69) is 36.5 Å². The van der Waals surface area contributed by atoms with Gasteiger partial charge in [-0.05, 0) is 73.3 Å². The maximum Gasteiger partial charge on any atom is 0.253 e. The third-order valence-corrected chi connectivity index (χ3v) is 7.77. The van der Waals surface area contributed by atoms with E-state index < -0.39 is 0 Å². The average Bonchev–Trinajstić information content (AvgIpc) is 3.37. The molecule has 1 aliphatic heterocycles. The van der Waals surface area contributed by atoms with E-state index >= 15 is 0 Å². The van der Waals surface area contributed by atoms with E-state index in [4.69, 9.17) is 4.74 Å². The molecule has 2 aromatic carbocycles. The van der Waals surface area contributed by atoms with Crippen molar-refractivity contribution in [3.05, 3.63) is 59.7 Å². The number of carbonyl (C=O) groups excluding carboxylic acids is 2. The van der Waals surface area contributed by atoms with E-state index in [1.807, 2.05) is 43.1 Å². The molecule has 1 heterocycles. The largest absolute Gasteiger partial charge is 0.373 e. The van der Waals surface area contributed by atoms with E-state index in [9.17, 15) is 9.59 Å². The lowest BCUT2D eigenvalue weighted by Crippen LogP contribution is -2.38. The zero-order valence-electron chi connectivity index (χ0n) is 21.5. The molecular weight excluding hydrogens is 436 g/mol. The Morgan fingerprint density at radius 1 is 0.943 bits per heavy atom. The number of benzene rings is 2. The van der Waals surface area contributed by atoms with E-state index in [0.29, 0.717) is 17.9 Å². The molecule has 188 valence electrons. The summed E-state index contributed by atoms with van der Waals surface area (Å²) < 4.78 is 6.15. The Morgan fingerprint density at radius 2 is 1.63 bits per heavy atom. The predicted molar refractivity (Wildman–Crippen MR) is 140 cm³/mol. The predicted octanol–water partition coefficient (Wildman–Crippen LogP) is 6.14. The van der Waals surface area contributed by atoms with Crippen molar-refractivity contribution in [2.24, 2.45) is 5.92 Å². The second kappa shape index (κ2) is 11.9. The molecule has 1 saturated heterocycles. The molecule has 0 radical (unpaired) electrons. The fourth-order valence-electron chi connectivity index (χ4n) is 5.54. The maximum absolute atomic E-state index is 13.1. The Bertz CT molecular complexity index is 978. The smallest absolute Gasteiger partial charge is 0.253 e. The maximum atomic E-state index is 13.1. The van der Waals surface area contributed by atoms with Gasteiger partial charge in [-0.1, -0.05) is 56.7 Å². The fraction of sp³-hybridized carbons (Fsp3) is 0.533. The zero-order chi connectivity index (χ0) is 24.8. The molecule has 0 spiro atoms. The van der Waals surface area contributed by atoms with Gasteiger partial charge in [-0.3, -0.25) is 9.59 Å². The first-order valence-corrected chi connectivity index (χ1v) is 13.4. The molecule has 2 amide bonds. The van der Waals surface area contributed by atoms with Gasteiger partial charge in [0, 0.05) is 31.1 Å². The van der Waals surface area contributed by atoms with E-state index in [1.165, 1.54) is 24.8 Å². The van der Waals surface area contributed by atoms with Crippen LogP contribution >= 0.6 is 0 Å².